The molecule has 2 atom stereocenters. The number of amides is 2. The number of aromatic nitrogens is 1. The molecule has 3 rings (SSSR count). The molecule has 1 aromatic rings. The van der Waals surface area contributed by atoms with Gasteiger partial charge >= 0.3 is 6.09 Å². The minimum atomic E-state index is -0.732. The van der Waals surface area contributed by atoms with E-state index in [1.54, 1.807) is 30.6 Å². The summed E-state index contributed by atoms with van der Waals surface area (Å²) in [7, 11) is 1.46. The van der Waals surface area contributed by atoms with Gasteiger partial charge in [-0.05, 0) is 32.9 Å². The first-order valence-corrected chi connectivity index (χ1v) is 8.37. The average molecular weight is 360 g/mol. The molecule has 0 bridgehead atoms. The van der Waals surface area contributed by atoms with E-state index in [1.165, 1.54) is 19.2 Å². The van der Waals surface area contributed by atoms with Crippen LogP contribution in [0.1, 0.15) is 31.3 Å². The van der Waals surface area contributed by atoms with Gasteiger partial charge in [0.1, 0.15) is 23.4 Å². The van der Waals surface area contributed by atoms with Crippen LogP contribution in [0, 0.1) is 17.8 Å². The van der Waals surface area contributed by atoms with E-state index in [0.29, 0.717) is 13.1 Å². The quantitative estimate of drug-likeness (QED) is 0.637. The van der Waals surface area contributed by atoms with Crippen LogP contribution in [0.25, 0.3) is 0 Å². The zero-order valence-electron chi connectivity index (χ0n) is 15.2. The summed E-state index contributed by atoms with van der Waals surface area (Å²) in [4.78, 5) is 31.0. The van der Waals surface area contributed by atoms with Crippen LogP contribution in [0.5, 0.6) is 0 Å². The van der Waals surface area contributed by atoms with Gasteiger partial charge in [0, 0.05) is 20.1 Å². The van der Waals surface area contributed by atoms with Crippen molar-refractivity contribution >= 4 is 17.7 Å². The Morgan fingerprint density at radius 2 is 1.96 bits per heavy atom. The fourth-order valence-electron chi connectivity index (χ4n) is 2.91. The number of ether oxygens (including phenoxy) is 1. The molecule has 0 saturated carbocycles. The van der Waals surface area contributed by atoms with Gasteiger partial charge in [-0.25, -0.2) is 9.78 Å². The Morgan fingerprint density at radius 3 is 2.50 bits per heavy atom. The highest BCUT2D eigenvalue weighted by molar-refractivity contribution is 5.92. The van der Waals surface area contributed by atoms with E-state index < -0.39 is 23.5 Å². The highest BCUT2D eigenvalue weighted by atomic mass is 19.1. The topological polar surface area (TPSA) is 74.8 Å². The van der Waals surface area contributed by atoms with Gasteiger partial charge < -0.3 is 15.0 Å². The van der Waals surface area contributed by atoms with Crippen molar-refractivity contribution in [2.45, 2.75) is 38.5 Å². The molecule has 2 heterocycles. The lowest BCUT2D eigenvalue weighted by atomic mass is 9.94. The van der Waals surface area contributed by atoms with Gasteiger partial charge in [-0.15, -0.1) is 0 Å². The monoisotopic (exact) mass is 360 g/mol. The standard InChI is InChI=1S/C18H21FN4O3/c1-18(2,3)26-17(25)23-10-9-22(12-7-8-13(12)23)14-6-5-11(16(24)20-4)21-15(14)19/h5-6,12-13H,9-10H2,1-4H3,(H,20,24)/t12-,13+/m0/s1. The molecule has 2 aliphatic rings. The van der Waals surface area contributed by atoms with Crippen molar-refractivity contribution in [3.05, 3.63) is 23.8 Å². The van der Waals surface area contributed by atoms with Crippen molar-refractivity contribution in [3.63, 3.8) is 0 Å². The number of piperazine rings is 1. The van der Waals surface area contributed by atoms with Gasteiger partial charge in [0.25, 0.3) is 5.91 Å². The molecular weight excluding hydrogens is 339 g/mol. The third-order valence-electron chi connectivity index (χ3n) is 4.16. The van der Waals surface area contributed by atoms with Crippen molar-refractivity contribution in [2.24, 2.45) is 0 Å². The first-order chi connectivity index (χ1) is 12.2. The van der Waals surface area contributed by atoms with Crippen LogP contribution in [0.2, 0.25) is 0 Å². The molecule has 1 aliphatic heterocycles. The lowest BCUT2D eigenvalue weighted by Gasteiger charge is -2.47. The number of anilines is 1. The maximum Gasteiger partial charge on any atom is 0.411 e. The maximum absolute atomic E-state index is 14.4. The van der Waals surface area contributed by atoms with E-state index in [4.69, 9.17) is 4.74 Å². The lowest BCUT2D eigenvalue weighted by molar-refractivity contribution is 0.0160. The van der Waals surface area contributed by atoms with Crippen LogP contribution in [0.15, 0.2) is 12.1 Å². The number of carbonyl (C=O) groups excluding carboxylic acids is 2. The van der Waals surface area contributed by atoms with Crippen LogP contribution in [0.4, 0.5) is 14.9 Å². The molecule has 1 fully saturated rings. The second kappa shape index (κ2) is 6.48. The molecule has 7 nitrogen and oxygen atoms in total. The molecule has 0 unspecified atom stereocenters. The van der Waals surface area contributed by atoms with E-state index in [0.717, 1.165) is 0 Å². The summed E-state index contributed by atoms with van der Waals surface area (Å²) in [6.45, 7) is 6.18. The summed E-state index contributed by atoms with van der Waals surface area (Å²) in [5.74, 6) is 4.74. The summed E-state index contributed by atoms with van der Waals surface area (Å²) < 4.78 is 19.9. The maximum atomic E-state index is 14.4. The van der Waals surface area contributed by atoms with Crippen LogP contribution in [-0.4, -0.2) is 59.7 Å². The second-order valence-electron chi connectivity index (χ2n) is 7.13. The van der Waals surface area contributed by atoms with E-state index in [2.05, 4.69) is 22.1 Å². The second-order valence-corrected chi connectivity index (χ2v) is 7.13. The van der Waals surface area contributed by atoms with E-state index in [9.17, 15) is 14.0 Å². The minimum Gasteiger partial charge on any atom is -0.444 e. The number of hydrogen-bond acceptors (Lipinski definition) is 5. The number of hydrogen-bond donors (Lipinski definition) is 1. The smallest absolute Gasteiger partial charge is 0.411 e. The van der Waals surface area contributed by atoms with Gasteiger partial charge in [0.15, 0.2) is 0 Å². The first-order valence-electron chi connectivity index (χ1n) is 8.37. The highest BCUT2D eigenvalue weighted by Gasteiger charge is 2.43. The molecule has 1 aromatic heterocycles. The Hall–Kier alpha value is -2.82. The predicted molar refractivity (Wildman–Crippen MR) is 93.2 cm³/mol. The summed E-state index contributed by atoms with van der Waals surface area (Å²) >= 11 is 0. The molecule has 0 spiro atoms. The zero-order valence-corrected chi connectivity index (χ0v) is 15.2. The van der Waals surface area contributed by atoms with Crippen molar-refractivity contribution in [1.29, 1.82) is 0 Å². The Kier molecular flexibility index (Phi) is 4.48. The molecule has 0 aromatic carbocycles. The summed E-state index contributed by atoms with van der Waals surface area (Å²) in [6.07, 6.45) is -0.422. The summed E-state index contributed by atoms with van der Waals surface area (Å²) in [5, 5.41) is 2.41. The molecule has 138 valence electrons. The molecule has 2 amide bonds. The molecule has 0 radical (unpaired) electrons. The van der Waals surface area contributed by atoms with Crippen LogP contribution in [-0.2, 0) is 4.74 Å². The number of nitrogens with zero attached hydrogens (tertiary/aromatic N) is 3. The summed E-state index contributed by atoms with van der Waals surface area (Å²) in [6, 6.07) is 2.32. The molecule has 1 N–H and O–H groups in total. The number of pyridine rings is 1. The number of fused-ring (bicyclic) bond motifs is 1. The number of rotatable bonds is 2. The summed E-state index contributed by atoms with van der Waals surface area (Å²) in [5.41, 5.74) is -0.310. The minimum absolute atomic E-state index is 0.0115. The van der Waals surface area contributed by atoms with E-state index in [-0.39, 0.29) is 23.5 Å². The number of carbonyl (C=O) groups is 2. The molecule has 1 aliphatic carbocycles. The van der Waals surface area contributed by atoms with E-state index in [1.807, 2.05) is 0 Å². The normalized spacial score (nSPS) is 21.1. The van der Waals surface area contributed by atoms with Crippen LogP contribution < -0.4 is 10.2 Å². The predicted octanol–water partition coefficient (Wildman–Crippen LogP) is 1.39. The lowest BCUT2D eigenvalue weighted by Crippen LogP contribution is -2.64. The molecule has 1 saturated heterocycles. The third kappa shape index (κ3) is 3.29. The Bertz CT molecular complexity index is 809. The first kappa shape index (κ1) is 18.0. The van der Waals surface area contributed by atoms with Gasteiger partial charge in [-0.2, -0.15) is 4.39 Å². The zero-order chi connectivity index (χ0) is 19.1. The van der Waals surface area contributed by atoms with Crippen LogP contribution >= 0.6 is 0 Å². The molecular formula is C18H21FN4O3. The number of nitrogens with one attached hydrogen (secondary N) is 1. The fraction of sp³-hybridized carbons (Fsp3) is 0.500. The van der Waals surface area contributed by atoms with E-state index >= 15 is 0 Å². The highest BCUT2D eigenvalue weighted by Crippen LogP contribution is 2.30. The van der Waals surface area contributed by atoms with Crippen molar-refractivity contribution in [1.82, 2.24) is 15.2 Å². The Morgan fingerprint density at radius 1 is 1.27 bits per heavy atom. The van der Waals surface area contributed by atoms with Crippen LogP contribution in [0.3, 0.4) is 0 Å². The van der Waals surface area contributed by atoms with Gasteiger partial charge in [0.05, 0.1) is 5.69 Å². The molecule has 26 heavy (non-hydrogen) atoms. The van der Waals surface area contributed by atoms with Gasteiger partial charge in [0.2, 0.25) is 5.95 Å². The van der Waals surface area contributed by atoms with Crippen molar-refractivity contribution < 1.29 is 18.7 Å². The Balaban J connectivity index is 1.77. The average Bonchev–Trinajstić information content (AvgIpc) is 2.53. The number of halogens is 1. The molecule has 8 heteroatoms. The van der Waals surface area contributed by atoms with Gasteiger partial charge in [-0.1, -0.05) is 11.8 Å². The van der Waals surface area contributed by atoms with Gasteiger partial charge in [-0.3, -0.25) is 9.69 Å². The third-order valence-corrected chi connectivity index (χ3v) is 4.16. The Labute approximate surface area is 151 Å². The van der Waals surface area contributed by atoms with Crippen molar-refractivity contribution in [2.75, 3.05) is 25.0 Å². The fourth-order valence-corrected chi connectivity index (χ4v) is 2.91. The largest absolute Gasteiger partial charge is 0.444 e. The SMILES string of the molecule is CNC(=O)c1ccc(N2CCN(C(=O)OC(C)(C)C)[C@@H]3C#C[C@@H]32)c(F)n1. The van der Waals surface area contributed by atoms with Crippen molar-refractivity contribution in [3.8, 4) is 11.8 Å².